The highest BCUT2D eigenvalue weighted by Crippen LogP contribution is 2.46. The Kier molecular flexibility index (Phi) is 5.46. The molecule has 3 atom stereocenters. The number of hydrogen-bond donors (Lipinski definition) is 0. The number of aromatic nitrogens is 2. The monoisotopic (exact) mass is 384 g/mol. The third kappa shape index (κ3) is 3.69. The first-order chi connectivity index (χ1) is 13.6. The number of rotatable bonds is 6. The van der Waals surface area contributed by atoms with Crippen LogP contribution in [-0.2, 0) is 16.1 Å². The van der Waals surface area contributed by atoms with Crippen LogP contribution < -0.4 is 0 Å². The highest BCUT2D eigenvalue weighted by molar-refractivity contribution is 5.77. The van der Waals surface area contributed by atoms with E-state index < -0.39 is 0 Å². The smallest absolute Gasteiger partial charge is 0.225 e. The average Bonchev–Trinajstić information content (AvgIpc) is 3.35. The summed E-state index contributed by atoms with van der Waals surface area (Å²) in [6.07, 6.45) is 0.435. The quantitative estimate of drug-likeness (QED) is 0.761. The zero-order chi connectivity index (χ0) is 19.7. The van der Waals surface area contributed by atoms with Crippen molar-refractivity contribution < 1.29 is 14.1 Å². The first-order valence-electron chi connectivity index (χ1n) is 9.92. The number of benzene rings is 1. The van der Waals surface area contributed by atoms with Crippen molar-refractivity contribution in [3.63, 3.8) is 0 Å². The SMILES string of the molecule is COCCC(=O)N1C[C@@H]2CN(Cc3noc(C)n3)C[C@@H]2[C@H]1c1ccccc1C. The molecule has 1 aromatic carbocycles. The standard InChI is InChI=1S/C21H28N4O3/c1-14-6-4-5-7-17(14)21-18-12-24(13-19-22-15(2)28-23-19)10-16(18)11-25(21)20(26)8-9-27-3/h4-7,16,18,21H,8-13H2,1-3H3/t16-,18-,21+/m0/s1. The maximum atomic E-state index is 12.9. The van der Waals surface area contributed by atoms with E-state index in [1.807, 2.05) is 6.92 Å². The largest absolute Gasteiger partial charge is 0.384 e. The normalized spacial score (nSPS) is 24.7. The summed E-state index contributed by atoms with van der Waals surface area (Å²) in [4.78, 5) is 21.7. The van der Waals surface area contributed by atoms with Gasteiger partial charge in [-0.1, -0.05) is 29.4 Å². The number of aryl methyl sites for hydroxylation is 2. The third-order valence-electron chi connectivity index (χ3n) is 6.02. The number of ether oxygens (including phenoxy) is 1. The van der Waals surface area contributed by atoms with Crippen LogP contribution in [-0.4, -0.2) is 59.2 Å². The molecule has 2 aromatic rings. The lowest BCUT2D eigenvalue weighted by Gasteiger charge is -2.31. The Bertz CT molecular complexity index is 837. The van der Waals surface area contributed by atoms with Gasteiger partial charge in [0, 0.05) is 39.6 Å². The topological polar surface area (TPSA) is 71.7 Å². The molecule has 0 radical (unpaired) electrons. The summed E-state index contributed by atoms with van der Waals surface area (Å²) >= 11 is 0. The molecule has 0 N–H and O–H groups in total. The van der Waals surface area contributed by atoms with Crippen molar-refractivity contribution in [2.24, 2.45) is 11.8 Å². The van der Waals surface area contributed by atoms with Crippen LogP contribution in [0.2, 0.25) is 0 Å². The van der Waals surface area contributed by atoms with Crippen LogP contribution in [0.3, 0.4) is 0 Å². The van der Waals surface area contributed by atoms with Gasteiger partial charge in [-0.3, -0.25) is 9.69 Å². The Labute approximate surface area is 165 Å². The second kappa shape index (κ2) is 8.01. The molecule has 2 fully saturated rings. The van der Waals surface area contributed by atoms with E-state index in [-0.39, 0.29) is 11.9 Å². The highest BCUT2D eigenvalue weighted by Gasteiger charge is 2.49. The van der Waals surface area contributed by atoms with E-state index in [0.29, 0.717) is 37.3 Å². The van der Waals surface area contributed by atoms with Crippen molar-refractivity contribution in [2.75, 3.05) is 33.4 Å². The first kappa shape index (κ1) is 19.1. The molecule has 28 heavy (non-hydrogen) atoms. The molecule has 1 amide bonds. The number of methoxy groups -OCH3 is 1. The molecule has 2 aliphatic rings. The lowest BCUT2D eigenvalue weighted by Crippen LogP contribution is -2.36. The Morgan fingerprint density at radius 1 is 1.25 bits per heavy atom. The molecule has 150 valence electrons. The van der Waals surface area contributed by atoms with E-state index in [4.69, 9.17) is 9.26 Å². The maximum absolute atomic E-state index is 12.9. The zero-order valence-corrected chi connectivity index (χ0v) is 16.8. The molecule has 7 heteroatoms. The Morgan fingerprint density at radius 3 is 2.79 bits per heavy atom. The second-order valence-corrected chi connectivity index (χ2v) is 7.94. The number of likely N-dealkylation sites (tertiary alicyclic amines) is 2. The maximum Gasteiger partial charge on any atom is 0.225 e. The summed E-state index contributed by atoms with van der Waals surface area (Å²) in [5.41, 5.74) is 2.50. The fraction of sp³-hybridized carbons (Fsp3) is 0.571. The van der Waals surface area contributed by atoms with Gasteiger partial charge in [0.15, 0.2) is 5.82 Å². The van der Waals surface area contributed by atoms with Gasteiger partial charge < -0.3 is 14.2 Å². The van der Waals surface area contributed by atoms with Gasteiger partial charge in [0.1, 0.15) is 0 Å². The summed E-state index contributed by atoms with van der Waals surface area (Å²) in [6, 6.07) is 8.55. The molecule has 0 unspecified atom stereocenters. The minimum atomic E-state index is 0.118. The number of fused-ring (bicyclic) bond motifs is 1. The van der Waals surface area contributed by atoms with E-state index >= 15 is 0 Å². The fourth-order valence-corrected chi connectivity index (χ4v) is 4.78. The predicted octanol–water partition coefficient (Wildman–Crippen LogP) is 2.35. The number of hydrogen-bond acceptors (Lipinski definition) is 6. The van der Waals surface area contributed by atoms with Crippen LogP contribution in [0.4, 0.5) is 0 Å². The summed E-state index contributed by atoms with van der Waals surface area (Å²) < 4.78 is 10.2. The minimum absolute atomic E-state index is 0.118. The summed E-state index contributed by atoms with van der Waals surface area (Å²) in [5, 5.41) is 4.04. The fourth-order valence-electron chi connectivity index (χ4n) is 4.78. The summed E-state index contributed by atoms with van der Waals surface area (Å²) in [6.45, 7) is 7.80. The van der Waals surface area contributed by atoms with Crippen LogP contribution in [0.5, 0.6) is 0 Å². The van der Waals surface area contributed by atoms with Crippen LogP contribution in [0.25, 0.3) is 0 Å². The van der Waals surface area contributed by atoms with E-state index in [9.17, 15) is 4.79 Å². The second-order valence-electron chi connectivity index (χ2n) is 7.94. The predicted molar refractivity (Wildman–Crippen MR) is 103 cm³/mol. The molecule has 0 saturated carbocycles. The van der Waals surface area contributed by atoms with Gasteiger partial charge in [-0.05, 0) is 24.0 Å². The van der Waals surface area contributed by atoms with Gasteiger partial charge in [0.2, 0.25) is 11.8 Å². The van der Waals surface area contributed by atoms with Crippen molar-refractivity contribution in [3.8, 4) is 0 Å². The van der Waals surface area contributed by atoms with E-state index in [2.05, 4.69) is 51.1 Å². The van der Waals surface area contributed by atoms with E-state index in [1.165, 1.54) is 11.1 Å². The van der Waals surface area contributed by atoms with Gasteiger partial charge in [0.05, 0.1) is 25.6 Å². The van der Waals surface area contributed by atoms with Gasteiger partial charge in [-0.25, -0.2) is 0 Å². The molecule has 4 rings (SSSR count). The molecule has 1 aromatic heterocycles. The number of nitrogens with zero attached hydrogens (tertiary/aromatic N) is 4. The van der Waals surface area contributed by atoms with Crippen molar-refractivity contribution in [2.45, 2.75) is 32.9 Å². The summed E-state index contributed by atoms with van der Waals surface area (Å²) in [7, 11) is 1.64. The minimum Gasteiger partial charge on any atom is -0.384 e. The van der Waals surface area contributed by atoms with Crippen molar-refractivity contribution in [3.05, 3.63) is 47.1 Å². The molecular formula is C21H28N4O3. The number of carbonyl (C=O) groups excluding carboxylic acids is 1. The lowest BCUT2D eigenvalue weighted by molar-refractivity contribution is -0.133. The van der Waals surface area contributed by atoms with Crippen LogP contribution in [0.1, 0.15) is 35.3 Å². The molecule has 0 bridgehead atoms. The molecule has 2 saturated heterocycles. The van der Waals surface area contributed by atoms with Crippen molar-refractivity contribution >= 4 is 5.91 Å². The molecule has 0 aliphatic carbocycles. The zero-order valence-electron chi connectivity index (χ0n) is 16.8. The Hall–Kier alpha value is -2.25. The lowest BCUT2D eigenvalue weighted by atomic mass is 9.87. The molecule has 7 nitrogen and oxygen atoms in total. The average molecular weight is 384 g/mol. The molecule has 3 heterocycles. The first-order valence-corrected chi connectivity index (χ1v) is 9.92. The molecular weight excluding hydrogens is 356 g/mol. The molecule has 2 aliphatic heterocycles. The van der Waals surface area contributed by atoms with Crippen LogP contribution in [0.15, 0.2) is 28.8 Å². The Balaban J connectivity index is 1.55. The number of carbonyl (C=O) groups is 1. The van der Waals surface area contributed by atoms with Crippen LogP contribution >= 0.6 is 0 Å². The van der Waals surface area contributed by atoms with Gasteiger partial charge in [-0.15, -0.1) is 0 Å². The number of amides is 1. The summed E-state index contributed by atoms with van der Waals surface area (Å²) in [5.74, 6) is 2.40. The van der Waals surface area contributed by atoms with Gasteiger partial charge in [0.25, 0.3) is 0 Å². The van der Waals surface area contributed by atoms with E-state index in [1.54, 1.807) is 7.11 Å². The third-order valence-corrected chi connectivity index (χ3v) is 6.02. The van der Waals surface area contributed by atoms with Gasteiger partial charge in [-0.2, -0.15) is 4.98 Å². The van der Waals surface area contributed by atoms with Crippen molar-refractivity contribution in [1.29, 1.82) is 0 Å². The van der Waals surface area contributed by atoms with E-state index in [0.717, 1.165) is 25.5 Å². The highest BCUT2D eigenvalue weighted by atomic mass is 16.5. The molecule has 0 spiro atoms. The van der Waals surface area contributed by atoms with Gasteiger partial charge >= 0.3 is 0 Å². The Morgan fingerprint density at radius 2 is 2.07 bits per heavy atom. The van der Waals surface area contributed by atoms with Crippen LogP contribution in [0, 0.1) is 25.7 Å². The van der Waals surface area contributed by atoms with Crippen molar-refractivity contribution in [1.82, 2.24) is 19.9 Å².